The van der Waals surface area contributed by atoms with E-state index in [1.54, 1.807) is 0 Å². The zero-order valence-electron chi connectivity index (χ0n) is 25.6. The third-order valence-electron chi connectivity index (χ3n) is 8.52. The van der Waals surface area contributed by atoms with Gasteiger partial charge in [0.25, 0.3) is 0 Å². The number of hydrogen-bond donors (Lipinski definition) is 3. The molecule has 0 atom stereocenters. The van der Waals surface area contributed by atoms with Crippen molar-refractivity contribution in [3.8, 4) is 0 Å². The van der Waals surface area contributed by atoms with Crippen LogP contribution in [0.15, 0.2) is 0 Å². The van der Waals surface area contributed by atoms with Crippen molar-refractivity contribution < 1.29 is 36.9 Å². The normalized spacial score (nSPS) is 18.3. The van der Waals surface area contributed by atoms with Crippen LogP contribution < -0.4 is 51.8 Å². The molecule has 0 saturated carbocycles. The van der Waals surface area contributed by atoms with Crippen LogP contribution in [0.4, 0.5) is 0 Å². The predicted molar refractivity (Wildman–Crippen MR) is 177 cm³/mol. The smallest absolute Gasteiger partial charge is 0.657 e. The number of aromatic nitrogens is 4. The van der Waals surface area contributed by atoms with Crippen molar-refractivity contribution in [2.45, 2.75) is 60.3 Å². The van der Waals surface area contributed by atoms with E-state index in [2.05, 4.69) is 13.0 Å². The molecule has 232 valence electrons. The molecule has 0 radical (unpaired) electrons. The van der Waals surface area contributed by atoms with Gasteiger partial charge in [0.2, 0.25) is 0 Å². The summed E-state index contributed by atoms with van der Waals surface area (Å²) in [4.78, 5) is 45.4. The second kappa shape index (κ2) is 12.7. The molecule has 0 spiro atoms. The molecule has 6 rings (SSSR count). The first-order chi connectivity index (χ1) is 20.9. The van der Waals surface area contributed by atoms with Gasteiger partial charge in [-0.1, -0.05) is 57.7 Å². The molecule has 2 N–H and O–H groups in total. The summed E-state index contributed by atoms with van der Waals surface area (Å²) in [5.74, 6) is -0.753. The first-order valence-electron chi connectivity index (χ1n) is 14.5. The fourth-order valence-electron chi connectivity index (χ4n) is 6.08. The fraction of sp³-hybridized carbons (Fsp3) is 0.294. The van der Waals surface area contributed by atoms with Gasteiger partial charge in [0.15, 0.2) is 10.7 Å². The van der Waals surface area contributed by atoms with Crippen LogP contribution in [0.3, 0.4) is 0 Å². The summed E-state index contributed by atoms with van der Waals surface area (Å²) in [6.07, 6.45) is 8.39. The van der Waals surface area contributed by atoms with Crippen LogP contribution in [0.2, 0.25) is 0 Å². The average Bonchev–Trinajstić information content (AvgIpc) is 3.49. The topological polar surface area (TPSA) is 131 Å². The maximum Gasteiger partial charge on any atom is 4.00 e. The number of carbonyl (C=O) groups is 2. The Kier molecular flexibility index (Phi) is 9.29. The molecule has 1 saturated heterocycles. The average molecular weight is 682 g/mol. The van der Waals surface area contributed by atoms with Crippen molar-refractivity contribution in [1.82, 2.24) is 19.9 Å². The van der Waals surface area contributed by atoms with Crippen molar-refractivity contribution in [2.75, 3.05) is 5.75 Å². The van der Waals surface area contributed by atoms with Gasteiger partial charge in [0.1, 0.15) is 0 Å². The number of aliphatic carboxylic acids is 2. The van der Waals surface area contributed by atoms with Gasteiger partial charge in [0.05, 0.1) is 0 Å². The number of carboxylic acid groups (broad SMARTS) is 2. The van der Waals surface area contributed by atoms with E-state index in [9.17, 15) is 19.8 Å². The summed E-state index contributed by atoms with van der Waals surface area (Å²) in [6, 6.07) is 0. The van der Waals surface area contributed by atoms with Crippen LogP contribution in [-0.4, -0.2) is 27.9 Å². The molecule has 0 aromatic carbocycles. The van der Waals surface area contributed by atoms with Crippen molar-refractivity contribution in [1.29, 1.82) is 0 Å². The van der Waals surface area contributed by atoms with Crippen molar-refractivity contribution in [3.05, 3.63) is 88.0 Å². The van der Waals surface area contributed by atoms with Crippen LogP contribution in [0.5, 0.6) is 0 Å². The van der Waals surface area contributed by atoms with E-state index in [0.29, 0.717) is 29.6 Å². The van der Waals surface area contributed by atoms with E-state index >= 15 is 0 Å². The molecular weight excluding hydrogens is 648 g/mol. The van der Waals surface area contributed by atoms with Crippen LogP contribution in [0.25, 0.3) is 34.1 Å². The van der Waals surface area contributed by atoms with Crippen molar-refractivity contribution >= 4 is 70.4 Å². The Bertz CT molecular complexity index is 2260. The molecule has 4 aromatic rings. The van der Waals surface area contributed by atoms with Gasteiger partial charge in [-0.2, -0.15) is 0 Å². The first kappa shape index (κ1) is 32.9. The predicted octanol–water partition coefficient (Wildman–Crippen LogP) is -0.596. The SMILES string of the molecule is C/C(S)=c1/c(C)c2[n-]/c1=C\c1[n-]c(c(CCC(=O)O)c1C)/C=c1\[n-]/c(c(C)c1CCC(=O)O)=C\c1[n-]c(/c(=C3\C[SH+]3)c1C)=C\2.[Fe+4]. The molecule has 0 amide bonds. The monoisotopic (exact) mass is 681 g/mol. The molecule has 0 aliphatic carbocycles. The van der Waals surface area contributed by atoms with E-state index in [-0.39, 0.29) is 29.9 Å². The van der Waals surface area contributed by atoms with E-state index in [1.165, 1.54) is 16.7 Å². The molecular formula is C34H33FeN4O4S2+. The van der Waals surface area contributed by atoms with Crippen LogP contribution >= 0.6 is 12.6 Å². The zero-order valence-corrected chi connectivity index (χ0v) is 28.5. The molecule has 4 aromatic heterocycles. The second-order valence-corrected chi connectivity index (χ2v) is 13.3. The fourth-order valence-corrected chi connectivity index (χ4v) is 7.04. The minimum atomic E-state index is -0.891. The molecule has 0 unspecified atom stereocenters. The molecule has 6 heterocycles. The molecule has 11 heteroatoms. The first-order valence-corrected chi connectivity index (χ1v) is 16.0. The molecule has 8 bridgehead atoms. The Balaban J connectivity index is 0.00000400. The summed E-state index contributed by atoms with van der Waals surface area (Å²) in [7, 11) is 0. The quantitative estimate of drug-likeness (QED) is 0.0939. The maximum atomic E-state index is 11.6. The third kappa shape index (κ3) is 6.31. The third-order valence-corrected chi connectivity index (χ3v) is 9.60. The van der Waals surface area contributed by atoms with Gasteiger partial charge in [-0.15, -0.1) is 56.8 Å². The van der Waals surface area contributed by atoms with Gasteiger partial charge in [0, 0.05) is 29.8 Å². The van der Waals surface area contributed by atoms with Gasteiger partial charge < -0.3 is 30.1 Å². The number of fused-ring (bicyclic) bond motifs is 8. The van der Waals surface area contributed by atoms with Crippen molar-refractivity contribution in [2.24, 2.45) is 0 Å². The Morgan fingerprint density at radius 3 is 1.87 bits per heavy atom. The molecule has 2 aliphatic rings. The summed E-state index contributed by atoms with van der Waals surface area (Å²) in [5.41, 5.74) is 8.50. The summed E-state index contributed by atoms with van der Waals surface area (Å²) in [5, 5.41) is 24.1. The molecule has 8 nitrogen and oxygen atoms in total. The van der Waals surface area contributed by atoms with E-state index in [1.807, 2.05) is 45.9 Å². The Hall–Kier alpha value is -3.50. The van der Waals surface area contributed by atoms with Gasteiger partial charge >= 0.3 is 29.0 Å². The minimum Gasteiger partial charge on any atom is -0.657 e. The summed E-state index contributed by atoms with van der Waals surface area (Å²) >= 11 is 6.03. The van der Waals surface area contributed by atoms with Crippen molar-refractivity contribution in [3.63, 3.8) is 0 Å². The molecule has 1 fully saturated rings. The molecule has 45 heavy (non-hydrogen) atoms. The van der Waals surface area contributed by atoms with E-state index in [0.717, 1.165) is 81.9 Å². The summed E-state index contributed by atoms with van der Waals surface area (Å²) in [6.45, 7) is 10.00. The van der Waals surface area contributed by atoms with Gasteiger partial charge in [-0.3, -0.25) is 9.59 Å². The van der Waals surface area contributed by atoms with Crippen LogP contribution in [0.1, 0.15) is 75.9 Å². The van der Waals surface area contributed by atoms with E-state index in [4.69, 9.17) is 32.6 Å². The number of hydrogen-bond acceptors (Lipinski definition) is 3. The minimum absolute atomic E-state index is 0. The van der Waals surface area contributed by atoms with Crippen LogP contribution in [-0.2, 0) is 51.3 Å². The van der Waals surface area contributed by atoms with Gasteiger partial charge in [-0.05, 0) is 57.6 Å². The number of carboxylic acids is 2. The zero-order chi connectivity index (χ0) is 31.4. The second-order valence-electron chi connectivity index (χ2n) is 11.4. The Morgan fingerprint density at radius 1 is 0.711 bits per heavy atom. The number of thiol groups is 2. The maximum absolute atomic E-state index is 11.6. The van der Waals surface area contributed by atoms with Crippen LogP contribution in [0, 0.1) is 27.7 Å². The summed E-state index contributed by atoms with van der Waals surface area (Å²) < 4.78 is 0. The Morgan fingerprint density at radius 2 is 1.24 bits per heavy atom. The largest absolute Gasteiger partial charge is 4.00 e. The van der Waals surface area contributed by atoms with Gasteiger partial charge in [-0.25, -0.2) is 0 Å². The number of rotatable bonds is 6. The number of nitrogens with zero attached hydrogens (tertiary/aromatic N) is 4. The van der Waals surface area contributed by atoms with E-state index < -0.39 is 11.9 Å². The Labute approximate surface area is 280 Å². The standard InChI is InChI=1S/C34H32N4O4S2.Fe/c1-15-20(6-8-31(39)40)26-13-27-21(7-9-32(41)42)16(2)23(36-27)11-28-33(19(5)43)17(3)25(37-28)12-29-34(30-14-44-30)18(4)24(38-29)10-22(15)35-26;/h10-13,43H,6-9,14H2,1-5H3,(H,39,40)(H,41,42);/q-4;+4/p+1/b22-10-,26-13-,28-11-,29-12-,33-19+,34-30+;. The molecule has 2 aliphatic heterocycles.